The van der Waals surface area contributed by atoms with Crippen LogP contribution in [0.5, 0.6) is 5.75 Å². The van der Waals surface area contributed by atoms with Gasteiger partial charge in [0.2, 0.25) is 0 Å². The highest BCUT2D eigenvalue weighted by atomic mass is 16.5. The van der Waals surface area contributed by atoms with Crippen molar-refractivity contribution in [2.24, 2.45) is 0 Å². The number of quaternary nitrogens is 1. The van der Waals surface area contributed by atoms with E-state index in [1.54, 1.807) is 4.90 Å². The molecule has 2 aromatic rings. The molecule has 2 atom stereocenters. The molecule has 0 aromatic heterocycles. The van der Waals surface area contributed by atoms with Crippen LogP contribution in [0.15, 0.2) is 54.6 Å². The van der Waals surface area contributed by atoms with Crippen LogP contribution in [-0.2, 0) is 9.47 Å². The minimum absolute atomic E-state index is 0.339. The number of hydrogen-bond donors (Lipinski definition) is 1. The number of hydrogen-bond acceptors (Lipinski definition) is 3. The summed E-state index contributed by atoms with van der Waals surface area (Å²) in [6, 6.07) is 18.5. The summed E-state index contributed by atoms with van der Waals surface area (Å²) in [7, 11) is 0. The molecule has 2 aromatic carbocycles. The van der Waals surface area contributed by atoms with Crippen LogP contribution < -0.4 is 9.64 Å². The Morgan fingerprint density at radius 3 is 2.35 bits per heavy atom. The van der Waals surface area contributed by atoms with Gasteiger partial charge in [0.25, 0.3) is 0 Å². The second kappa shape index (κ2) is 9.72. The van der Waals surface area contributed by atoms with Crippen LogP contribution in [0.25, 0.3) is 11.1 Å². The summed E-state index contributed by atoms with van der Waals surface area (Å²) in [4.78, 5) is 1.56. The van der Waals surface area contributed by atoms with Gasteiger partial charge >= 0.3 is 0 Å². The molecular weight excluding hydrogens is 326 g/mol. The van der Waals surface area contributed by atoms with Crippen molar-refractivity contribution in [2.45, 2.75) is 26.1 Å². The van der Waals surface area contributed by atoms with Gasteiger partial charge in [0, 0.05) is 5.56 Å². The highest BCUT2D eigenvalue weighted by Gasteiger charge is 2.24. The first-order valence-corrected chi connectivity index (χ1v) is 9.56. The van der Waals surface area contributed by atoms with Gasteiger partial charge in [0.15, 0.2) is 0 Å². The minimum atomic E-state index is 0.339. The van der Waals surface area contributed by atoms with Crippen molar-refractivity contribution in [2.75, 3.05) is 39.5 Å². The average molecular weight is 356 g/mol. The highest BCUT2D eigenvalue weighted by Crippen LogP contribution is 2.29. The maximum Gasteiger partial charge on any atom is 0.127 e. The van der Waals surface area contributed by atoms with E-state index in [1.165, 1.54) is 5.56 Å². The van der Waals surface area contributed by atoms with Gasteiger partial charge in [-0.2, -0.15) is 0 Å². The van der Waals surface area contributed by atoms with Gasteiger partial charge in [-0.05, 0) is 25.5 Å². The monoisotopic (exact) mass is 356 g/mol. The molecule has 0 saturated carbocycles. The van der Waals surface area contributed by atoms with Crippen LogP contribution in [0.3, 0.4) is 0 Å². The lowest BCUT2D eigenvalue weighted by molar-refractivity contribution is -0.915. The zero-order valence-corrected chi connectivity index (χ0v) is 15.8. The third-order valence-corrected chi connectivity index (χ3v) is 4.67. The summed E-state index contributed by atoms with van der Waals surface area (Å²) in [6.45, 7) is 9.39. The quantitative estimate of drug-likeness (QED) is 0.738. The molecule has 0 bridgehead atoms. The van der Waals surface area contributed by atoms with Gasteiger partial charge in [0.05, 0.1) is 13.2 Å². The maximum absolute atomic E-state index is 5.97. The van der Waals surface area contributed by atoms with E-state index < -0.39 is 0 Å². The van der Waals surface area contributed by atoms with Crippen molar-refractivity contribution < 1.29 is 19.1 Å². The maximum atomic E-state index is 5.97. The lowest BCUT2D eigenvalue weighted by atomic mass is 10.1. The largest absolute Gasteiger partial charge is 0.491 e. The summed E-state index contributed by atoms with van der Waals surface area (Å²) in [5, 5.41) is 0. The zero-order valence-electron chi connectivity index (χ0n) is 15.8. The van der Waals surface area contributed by atoms with E-state index in [9.17, 15) is 0 Å². The molecule has 0 unspecified atom stereocenters. The smallest absolute Gasteiger partial charge is 0.127 e. The van der Waals surface area contributed by atoms with Crippen molar-refractivity contribution in [3.05, 3.63) is 54.6 Å². The molecule has 3 rings (SSSR count). The summed E-state index contributed by atoms with van der Waals surface area (Å²) in [5.74, 6) is 0.906. The molecule has 1 aliphatic rings. The van der Waals surface area contributed by atoms with E-state index in [1.807, 2.05) is 36.4 Å². The van der Waals surface area contributed by atoms with E-state index in [0.29, 0.717) is 25.4 Å². The fraction of sp³-hybridized carbons (Fsp3) is 0.455. The third-order valence-electron chi connectivity index (χ3n) is 4.67. The Hall–Kier alpha value is -1.88. The number of nitrogens with one attached hydrogen (secondary N) is 1. The molecule has 1 heterocycles. The predicted molar refractivity (Wildman–Crippen MR) is 104 cm³/mol. The van der Waals surface area contributed by atoms with Gasteiger partial charge in [-0.1, -0.05) is 48.5 Å². The number of morpholine rings is 1. The van der Waals surface area contributed by atoms with Crippen LogP contribution in [0.2, 0.25) is 0 Å². The number of ether oxygens (including phenoxy) is 3. The molecule has 0 aliphatic carbocycles. The lowest BCUT2D eigenvalue weighted by Gasteiger charge is -2.32. The van der Waals surface area contributed by atoms with E-state index >= 15 is 0 Å². The fourth-order valence-corrected chi connectivity index (χ4v) is 3.57. The van der Waals surface area contributed by atoms with Gasteiger partial charge in [0.1, 0.15) is 44.2 Å². The SMILES string of the molecule is C[C@@H]1C[NH+](CCOCCOc2ccccc2-c2ccccc2)C[C@@H](C)O1. The number of benzene rings is 2. The average Bonchev–Trinajstić information content (AvgIpc) is 2.65. The topological polar surface area (TPSA) is 32.1 Å². The molecule has 26 heavy (non-hydrogen) atoms. The van der Waals surface area contributed by atoms with E-state index in [2.05, 4.69) is 32.0 Å². The Balaban J connectivity index is 1.39. The number of para-hydroxylation sites is 1. The standard InChI is InChI=1S/C22H29NO3/c1-18-16-23(17-19(2)26-18)12-13-24-14-15-25-22-11-7-6-10-21(22)20-8-4-3-5-9-20/h3-11,18-19H,12-17H2,1-2H3/p+1/t18-,19-/m1/s1. The summed E-state index contributed by atoms with van der Waals surface area (Å²) in [6.07, 6.45) is 0.679. The fourth-order valence-electron chi connectivity index (χ4n) is 3.57. The summed E-state index contributed by atoms with van der Waals surface area (Å²) >= 11 is 0. The molecule has 1 saturated heterocycles. The van der Waals surface area contributed by atoms with Gasteiger partial charge in [-0.15, -0.1) is 0 Å². The molecule has 1 fully saturated rings. The minimum Gasteiger partial charge on any atom is -0.491 e. The normalized spacial score (nSPS) is 22.9. The molecule has 140 valence electrons. The molecule has 0 amide bonds. The Bertz CT molecular complexity index is 651. The van der Waals surface area contributed by atoms with Crippen LogP contribution in [0.4, 0.5) is 0 Å². The molecule has 1 N–H and O–H groups in total. The highest BCUT2D eigenvalue weighted by molar-refractivity contribution is 5.70. The van der Waals surface area contributed by atoms with E-state index in [0.717, 1.165) is 37.6 Å². The van der Waals surface area contributed by atoms with Crippen molar-refractivity contribution >= 4 is 0 Å². The van der Waals surface area contributed by atoms with Crippen LogP contribution in [0, 0.1) is 0 Å². The molecule has 0 spiro atoms. The van der Waals surface area contributed by atoms with Crippen LogP contribution in [0.1, 0.15) is 13.8 Å². The first-order chi connectivity index (χ1) is 12.7. The second-order valence-corrected chi connectivity index (χ2v) is 6.99. The van der Waals surface area contributed by atoms with Gasteiger partial charge in [-0.3, -0.25) is 0 Å². The third kappa shape index (κ3) is 5.56. The Kier molecular flexibility index (Phi) is 7.06. The lowest BCUT2D eigenvalue weighted by Crippen LogP contribution is -3.15. The first kappa shape index (κ1) is 18.9. The van der Waals surface area contributed by atoms with Crippen molar-refractivity contribution in [1.29, 1.82) is 0 Å². The molecule has 0 radical (unpaired) electrons. The van der Waals surface area contributed by atoms with Crippen molar-refractivity contribution in [3.8, 4) is 16.9 Å². The molecule has 1 aliphatic heterocycles. The molecular formula is C22H30NO3+. The Morgan fingerprint density at radius 2 is 1.58 bits per heavy atom. The molecule has 4 nitrogen and oxygen atoms in total. The van der Waals surface area contributed by atoms with Crippen molar-refractivity contribution in [1.82, 2.24) is 0 Å². The first-order valence-electron chi connectivity index (χ1n) is 9.56. The van der Waals surface area contributed by atoms with Crippen molar-refractivity contribution in [3.63, 3.8) is 0 Å². The Labute approximate surface area is 156 Å². The van der Waals surface area contributed by atoms with Gasteiger partial charge in [-0.25, -0.2) is 0 Å². The Morgan fingerprint density at radius 1 is 0.885 bits per heavy atom. The number of rotatable bonds is 8. The second-order valence-electron chi connectivity index (χ2n) is 6.99. The summed E-state index contributed by atoms with van der Waals surface area (Å²) < 4.78 is 17.5. The zero-order chi connectivity index (χ0) is 18.2. The summed E-state index contributed by atoms with van der Waals surface area (Å²) in [5.41, 5.74) is 2.29. The predicted octanol–water partition coefficient (Wildman–Crippen LogP) is 2.44. The molecule has 4 heteroatoms. The van der Waals surface area contributed by atoms with E-state index in [-0.39, 0.29) is 0 Å². The van der Waals surface area contributed by atoms with E-state index in [4.69, 9.17) is 14.2 Å². The van der Waals surface area contributed by atoms with Crippen LogP contribution >= 0.6 is 0 Å². The van der Waals surface area contributed by atoms with Gasteiger partial charge < -0.3 is 19.1 Å². The van der Waals surface area contributed by atoms with Crippen LogP contribution in [-0.4, -0.2) is 51.7 Å².